The van der Waals surface area contributed by atoms with Gasteiger partial charge in [0.25, 0.3) is 0 Å². The molecule has 0 radical (unpaired) electrons. The fourth-order valence-electron chi connectivity index (χ4n) is 2.47. The normalized spacial score (nSPS) is 12.8. The number of pyridine rings is 1. The molecule has 102 valence electrons. The molecule has 0 fully saturated rings. The van der Waals surface area contributed by atoms with Crippen molar-refractivity contribution in [3.8, 4) is 0 Å². The van der Waals surface area contributed by atoms with Crippen LogP contribution in [0.15, 0.2) is 47.2 Å². The second-order valence-corrected chi connectivity index (χ2v) is 5.44. The van der Waals surface area contributed by atoms with Crippen LogP contribution in [0.5, 0.6) is 0 Å². The molecule has 2 aromatic heterocycles. The number of para-hydroxylation sites is 1. The summed E-state index contributed by atoms with van der Waals surface area (Å²) in [5, 5.41) is 5.42. The molecule has 0 saturated heterocycles. The highest BCUT2D eigenvalue weighted by atomic mass is 79.9. The highest BCUT2D eigenvalue weighted by Gasteiger charge is 2.19. The van der Waals surface area contributed by atoms with Crippen molar-refractivity contribution < 1.29 is 0 Å². The number of rotatable bonds is 3. The molecule has 2 N–H and O–H groups in total. The summed E-state index contributed by atoms with van der Waals surface area (Å²) in [5.41, 5.74) is 9.49. The number of nitrogens with two attached hydrogens (primary N) is 1. The molecule has 2 heterocycles. The molecule has 0 aliphatic carbocycles. The van der Waals surface area contributed by atoms with Gasteiger partial charge in [0.15, 0.2) is 0 Å². The molecule has 1 atom stereocenters. The summed E-state index contributed by atoms with van der Waals surface area (Å²) in [5.74, 6) is 0. The lowest BCUT2D eigenvalue weighted by Gasteiger charge is -2.16. The molecule has 1 unspecified atom stereocenters. The van der Waals surface area contributed by atoms with Crippen LogP contribution < -0.4 is 5.73 Å². The maximum absolute atomic E-state index is 6.49. The van der Waals surface area contributed by atoms with Crippen molar-refractivity contribution in [2.75, 3.05) is 0 Å². The Labute approximate surface area is 125 Å². The van der Waals surface area contributed by atoms with E-state index in [1.54, 1.807) is 12.4 Å². The molecule has 3 rings (SSSR count). The highest BCUT2D eigenvalue weighted by molar-refractivity contribution is 9.10. The fourth-order valence-corrected chi connectivity index (χ4v) is 3.01. The van der Waals surface area contributed by atoms with Gasteiger partial charge in [-0.3, -0.25) is 9.67 Å². The number of benzene rings is 1. The molecule has 0 saturated carbocycles. The molecule has 0 bridgehead atoms. The maximum atomic E-state index is 6.49. The Balaban J connectivity index is 2.17. The summed E-state index contributed by atoms with van der Waals surface area (Å²) in [6, 6.07) is 9.78. The minimum absolute atomic E-state index is 0.236. The number of nitrogens with zero attached hydrogens (tertiary/aromatic N) is 3. The number of hydrogen-bond donors (Lipinski definition) is 1. The zero-order valence-electron chi connectivity index (χ0n) is 11.1. The molecule has 3 aromatic rings. The Morgan fingerprint density at radius 3 is 2.90 bits per heavy atom. The SMILES string of the molecule is CCn1ncc(Br)c1C(N)c1ccnc2ccccc12. The van der Waals surface area contributed by atoms with Crippen molar-refractivity contribution in [2.24, 2.45) is 5.73 Å². The monoisotopic (exact) mass is 330 g/mol. The van der Waals surface area contributed by atoms with Crippen molar-refractivity contribution in [1.29, 1.82) is 0 Å². The first-order valence-electron chi connectivity index (χ1n) is 6.52. The van der Waals surface area contributed by atoms with Crippen LogP contribution in [0, 0.1) is 0 Å². The second kappa shape index (κ2) is 5.34. The average molecular weight is 331 g/mol. The number of hydrogen-bond acceptors (Lipinski definition) is 3. The van der Waals surface area contributed by atoms with Gasteiger partial charge in [-0.15, -0.1) is 0 Å². The molecule has 4 nitrogen and oxygen atoms in total. The number of aromatic nitrogens is 3. The molecule has 0 aliphatic heterocycles. The van der Waals surface area contributed by atoms with Gasteiger partial charge in [0.1, 0.15) is 0 Å². The van der Waals surface area contributed by atoms with Crippen molar-refractivity contribution in [1.82, 2.24) is 14.8 Å². The lowest BCUT2D eigenvalue weighted by Crippen LogP contribution is -2.18. The highest BCUT2D eigenvalue weighted by Crippen LogP contribution is 2.30. The topological polar surface area (TPSA) is 56.7 Å². The lowest BCUT2D eigenvalue weighted by atomic mass is 10.0. The molecular formula is C15H15BrN4. The Hall–Kier alpha value is -1.72. The molecule has 1 aromatic carbocycles. The van der Waals surface area contributed by atoms with Crippen LogP contribution in [0.2, 0.25) is 0 Å². The quantitative estimate of drug-likeness (QED) is 0.801. The molecule has 0 amide bonds. The maximum Gasteiger partial charge on any atom is 0.0741 e. The summed E-state index contributed by atoms with van der Waals surface area (Å²) < 4.78 is 2.86. The molecule has 0 spiro atoms. The number of fused-ring (bicyclic) bond motifs is 1. The van der Waals surface area contributed by atoms with Crippen LogP contribution in [-0.4, -0.2) is 14.8 Å². The van der Waals surface area contributed by atoms with E-state index in [-0.39, 0.29) is 6.04 Å². The predicted octanol–water partition coefficient (Wildman–Crippen LogP) is 3.26. The zero-order valence-corrected chi connectivity index (χ0v) is 12.7. The average Bonchev–Trinajstić information content (AvgIpc) is 2.87. The zero-order chi connectivity index (χ0) is 14.1. The Bertz CT molecular complexity index is 745. The largest absolute Gasteiger partial charge is 0.319 e. The molecular weight excluding hydrogens is 316 g/mol. The Kier molecular flexibility index (Phi) is 3.54. The third kappa shape index (κ3) is 2.13. The van der Waals surface area contributed by atoms with E-state index in [1.165, 1.54) is 0 Å². The minimum Gasteiger partial charge on any atom is -0.319 e. The predicted molar refractivity (Wildman–Crippen MR) is 83.4 cm³/mol. The van der Waals surface area contributed by atoms with Gasteiger partial charge in [0, 0.05) is 18.1 Å². The van der Waals surface area contributed by atoms with Crippen LogP contribution in [-0.2, 0) is 6.54 Å². The Morgan fingerprint density at radius 2 is 2.10 bits per heavy atom. The van der Waals surface area contributed by atoms with E-state index >= 15 is 0 Å². The van der Waals surface area contributed by atoms with Crippen LogP contribution in [0.1, 0.15) is 24.2 Å². The summed E-state index contributed by atoms with van der Waals surface area (Å²) in [4.78, 5) is 4.38. The third-order valence-corrected chi connectivity index (χ3v) is 4.06. The first kappa shape index (κ1) is 13.3. The number of aryl methyl sites for hydroxylation is 1. The van der Waals surface area contributed by atoms with Crippen molar-refractivity contribution in [2.45, 2.75) is 19.5 Å². The van der Waals surface area contributed by atoms with Gasteiger partial charge in [-0.2, -0.15) is 5.10 Å². The van der Waals surface area contributed by atoms with Gasteiger partial charge < -0.3 is 5.73 Å². The van der Waals surface area contributed by atoms with Gasteiger partial charge in [-0.25, -0.2) is 0 Å². The summed E-state index contributed by atoms with van der Waals surface area (Å²) in [6.07, 6.45) is 3.60. The van der Waals surface area contributed by atoms with E-state index in [2.05, 4.69) is 39.0 Å². The smallest absolute Gasteiger partial charge is 0.0741 e. The van der Waals surface area contributed by atoms with Crippen molar-refractivity contribution in [3.05, 3.63) is 58.5 Å². The van der Waals surface area contributed by atoms with Gasteiger partial charge in [-0.1, -0.05) is 18.2 Å². The van der Waals surface area contributed by atoms with Crippen LogP contribution >= 0.6 is 15.9 Å². The fraction of sp³-hybridized carbons (Fsp3) is 0.200. The summed E-state index contributed by atoms with van der Waals surface area (Å²) in [6.45, 7) is 2.85. The number of halogens is 1. The summed E-state index contributed by atoms with van der Waals surface area (Å²) >= 11 is 3.54. The minimum atomic E-state index is -0.236. The van der Waals surface area contributed by atoms with Gasteiger partial charge in [0.05, 0.1) is 27.9 Å². The lowest BCUT2D eigenvalue weighted by molar-refractivity contribution is 0.600. The first-order chi connectivity index (χ1) is 9.72. The van der Waals surface area contributed by atoms with Crippen LogP contribution in [0.4, 0.5) is 0 Å². The van der Waals surface area contributed by atoms with E-state index in [4.69, 9.17) is 5.73 Å². The molecule has 5 heteroatoms. The summed E-state index contributed by atoms with van der Waals surface area (Å²) in [7, 11) is 0. The molecule has 20 heavy (non-hydrogen) atoms. The third-order valence-electron chi connectivity index (χ3n) is 3.45. The van der Waals surface area contributed by atoms with E-state index < -0.39 is 0 Å². The standard InChI is InChI=1S/C15H15BrN4/c1-2-20-15(12(16)9-19-20)14(17)11-7-8-18-13-6-4-3-5-10(11)13/h3-9,14H,2,17H2,1H3. The van der Waals surface area contributed by atoms with Crippen LogP contribution in [0.25, 0.3) is 10.9 Å². The van der Waals surface area contributed by atoms with Crippen molar-refractivity contribution in [3.63, 3.8) is 0 Å². The van der Waals surface area contributed by atoms with E-state index in [9.17, 15) is 0 Å². The van der Waals surface area contributed by atoms with E-state index in [1.807, 2.05) is 28.9 Å². The first-order valence-corrected chi connectivity index (χ1v) is 7.32. The van der Waals surface area contributed by atoms with Crippen molar-refractivity contribution >= 4 is 26.8 Å². The second-order valence-electron chi connectivity index (χ2n) is 4.59. The van der Waals surface area contributed by atoms with Gasteiger partial charge in [0.2, 0.25) is 0 Å². The van der Waals surface area contributed by atoms with Gasteiger partial charge in [-0.05, 0) is 40.5 Å². The Morgan fingerprint density at radius 1 is 1.30 bits per heavy atom. The van der Waals surface area contributed by atoms with E-state index in [0.29, 0.717) is 0 Å². The van der Waals surface area contributed by atoms with Crippen LogP contribution in [0.3, 0.4) is 0 Å². The van der Waals surface area contributed by atoms with E-state index in [0.717, 1.165) is 33.2 Å². The molecule has 0 aliphatic rings. The van der Waals surface area contributed by atoms with Gasteiger partial charge >= 0.3 is 0 Å².